The first kappa shape index (κ1) is 11.8. The number of aromatic nitrogens is 2. The van der Waals surface area contributed by atoms with Crippen molar-refractivity contribution in [3.63, 3.8) is 0 Å². The van der Waals surface area contributed by atoms with Gasteiger partial charge in [-0.3, -0.25) is 0 Å². The standard InChI is InChI=1S/C10H7IN2O4/c11-7-2-1-6(10(14)15)3-8(7)16-4-9-12-5-13-17-9/h1-3,5H,4H2,(H,14,15). The molecule has 0 fully saturated rings. The van der Waals surface area contributed by atoms with E-state index in [2.05, 4.69) is 32.7 Å². The van der Waals surface area contributed by atoms with Gasteiger partial charge in [-0.2, -0.15) is 4.98 Å². The van der Waals surface area contributed by atoms with Crippen LogP contribution in [0.2, 0.25) is 0 Å². The third-order valence-electron chi connectivity index (χ3n) is 1.94. The van der Waals surface area contributed by atoms with Gasteiger partial charge in [0.15, 0.2) is 12.9 Å². The van der Waals surface area contributed by atoms with Gasteiger partial charge in [0.25, 0.3) is 5.89 Å². The van der Waals surface area contributed by atoms with Gasteiger partial charge in [0, 0.05) is 0 Å². The molecular formula is C10H7IN2O4. The third kappa shape index (κ3) is 2.93. The lowest BCUT2D eigenvalue weighted by atomic mass is 10.2. The van der Waals surface area contributed by atoms with Crippen LogP contribution >= 0.6 is 22.6 Å². The number of hydrogen-bond acceptors (Lipinski definition) is 5. The van der Waals surface area contributed by atoms with Crippen molar-refractivity contribution < 1.29 is 19.2 Å². The Bertz CT molecular complexity index is 527. The van der Waals surface area contributed by atoms with E-state index in [0.29, 0.717) is 11.6 Å². The molecule has 0 unspecified atom stereocenters. The van der Waals surface area contributed by atoms with Crippen molar-refractivity contribution in [3.05, 3.63) is 39.6 Å². The molecule has 0 aliphatic rings. The second kappa shape index (κ2) is 5.13. The van der Waals surface area contributed by atoms with Crippen LogP contribution in [0, 0.1) is 3.57 Å². The summed E-state index contributed by atoms with van der Waals surface area (Å²) in [4.78, 5) is 14.6. The average Bonchev–Trinajstić information content (AvgIpc) is 2.80. The van der Waals surface area contributed by atoms with Gasteiger partial charge in [0.05, 0.1) is 9.13 Å². The number of nitrogens with zero attached hydrogens (tertiary/aromatic N) is 2. The van der Waals surface area contributed by atoms with Gasteiger partial charge in [0.1, 0.15) is 5.75 Å². The van der Waals surface area contributed by atoms with Gasteiger partial charge in [-0.15, -0.1) is 0 Å². The normalized spacial score (nSPS) is 10.2. The van der Waals surface area contributed by atoms with Crippen LogP contribution in [0.3, 0.4) is 0 Å². The number of halogens is 1. The molecule has 0 bridgehead atoms. The molecule has 1 aromatic carbocycles. The number of rotatable bonds is 4. The molecule has 1 aromatic heterocycles. The number of carboxylic acid groups (broad SMARTS) is 1. The molecule has 0 amide bonds. The lowest BCUT2D eigenvalue weighted by Gasteiger charge is -2.06. The average molecular weight is 346 g/mol. The summed E-state index contributed by atoms with van der Waals surface area (Å²) < 4.78 is 11.0. The lowest BCUT2D eigenvalue weighted by Crippen LogP contribution is -2.01. The predicted molar refractivity (Wildman–Crippen MR) is 64.7 cm³/mol. The van der Waals surface area contributed by atoms with Crippen molar-refractivity contribution in [1.82, 2.24) is 10.1 Å². The van der Waals surface area contributed by atoms with E-state index in [1.165, 1.54) is 18.5 Å². The first-order chi connectivity index (χ1) is 8.16. The smallest absolute Gasteiger partial charge is 0.335 e. The first-order valence-electron chi connectivity index (χ1n) is 4.58. The summed E-state index contributed by atoms with van der Waals surface area (Å²) in [6, 6.07) is 4.65. The highest BCUT2D eigenvalue weighted by atomic mass is 127. The van der Waals surface area contributed by atoms with Crippen molar-refractivity contribution in [2.45, 2.75) is 6.61 Å². The van der Waals surface area contributed by atoms with Crippen LogP contribution in [0.1, 0.15) is 16.2 Å². The summed E-state index contributed by atoms with van der Waals surface area (Å²) >= 11 is 2.06. The number of carboxylic acids is 1. The van der Waals surface area contributed by atoms with Gasteiger partial charge in [-0.1, -0.05) is 5.16 Å². The molecule has 2 aromatic rings. The molecular weight excluding hydrogens is 339 g/mol. The van der Waals surface area contributed by atoms with Crippen molar-refractivity contribution >= 4 is 28.6 Å². The molecule has 0 aliphatic heterocycles. The maximum absolute atomic E-state index is 10.8. The van der Waals surface area contributed by atoms with Crippen molar-refractivity contribution in [2.24, 2.45) is 0 Å². The van der Waals surface area contributed by atoms with Crippen LogP contribution in [0.4, 0.5) is 0 Å². The Hall–Kier alpha value is -1.64. The molecule has 17 heavy (non-hydrogen) atoms. The number of ether oxygens (including phenoxy) is 1. The maximum atomic E-state index is 10.8. The molecule has 0 spiro atoms. The molecule has 0 atom stereocenters. The monoisotopic (exact) mass is 346 g/mol. The van der Waals surface area contributed by atoms with Crippen molar-refractivity contribution in [3.8, 4) is 5.75 Å². The lowest BCUT2D eigenvalue weighted by molar-refractivity contribution is 0.0696. The molecule has 1 heterocycles. The fourth-order valence-corrected chi connectivity index (χ4v) is 1.64. The van der Waals surface area contributed by atoms with Gasteiger partial charge in [-0.05, 0) is 40.8 Å². The Morgan fingerprint density at radius 2 is 2.35 bits per heavy atom. The SMILES string of the molecule is O=C(O)c1ccc(I)c(OCc2ncno2)c1. The van der Waals surface area contributed by atoms with E-state index in [4.69, 9.17) is 14.4 Å². The molecule has 6 nitrogen and oxygen atoms in total. The molecule has 0 saturated heterocycles. The fourth-order valence-electron chi connectivity index (χ4n) is 1.15. The number of hydrogen-bond donors (Lipinski definition) is 1. The zero-order valence-electron chi connectivity index (χ0n) is 8.46. The van der Waals surface area contributed by atoms with Gasteiger partial charge < -0.3 is 14.4 Å². The van der Waals surface area contributed by atoms with Crippen LogP contribution in [-0.4, -0.2) is 21.2 Å². The third-order valence-corrected chi connectivity index (χ3v) is 2.83. The van der Waals surface area contributed by atoms with E-state index in [1.807, 2.05) is 0 Å². The van der Waals surface area contributed by atoms with Gasteiger partial charge >= 0.3 is 5.97 Å². The highest BCUT2D eigenvalue weighted by Gasteiger charge is 2.09. The Labute approximate surface area is 110 Å². The molecule has 88 valence electrons. The number of aromatic carboxylic acids is 1. The van der Waals surface area contributed by atoms with Crippen LogP contribution < -0.4 is 4.74 Å². The Balaban J connectivity index is 2.14. The van der Waals surface area contributed by atoms with E-state index in [9.17, 15) is 4.79 Å². The number of carbonyl (C=O) groups is 1. The van der Waals surface area contributed by atoms with E-state index in [1.54, 1.807) is 6.07 Å². The summed E-state index contributed by atoms with van der Waals surface area (Å²) in [5.41, 5.74) is 0.172. The van der Waals surface area contributed by atoms with Crippen LogP contribution in [0.5, 0.6) is 5.75 Å². The molecule has 0 saturated carbocycles. The summed E-state index contributed by atoms with van der Waals surface area (Å²) in [7, 11) is 0. The van der Waals surface area contributed by atoms with Gasteiger partial charge in [0.2, 0.25) is 0 Å². The first-order valence-corrected chi connectivity index (χ1v) is 5.66. The topological polar surface area (TPSA) is 85.5 Å². The van der Waals surface area contributed by atoms with E-state index >= 15 is 0 Å². The minimum absolute atomic E-state index is 0.110. The second-order valence-corrected chi connectivity index (χ2v) is 4.24. The second-order valence-electron chi connectivity index (χ2n) is 3.07. The summed E-state index contributed by atoms with van der Waals surface area (Å²) in [5, 5.41) is 12.3. The van der Waals surface area contributed by atoms with Crippen molar-refractivity contribution in [2.75, 3.05) is 0 Å². The summed E-state index contributed by atoms with van der Waals surface area (Å²) in [6.07, 6.45) is 1.28. The molecule has 1 N–H and O–H groups in total. The van der Waals surface area contributed by atoms with Crippen molar-refractivity contribution in [1.29, 1.82) is 0 Å². The van der Waals surface area contributed by atoms with Crippen LogP contribution in [0.15, 0.2) is 29.0 Å². The summed E-state index contributed by atoms with van der Waals surface area (Å²) in [5.74, 6) is -0.186. The van der Waals surface area contributed by atoms with Crippen LogP contribution in [0.25, 0.3) is 0 Å². The minimum Gasteiger partial charge on any atom is -0.483 e. The minimum atomic E-state index is -0.996. The summed E-state index contributed by atoms with van der Waals surface area (Å²) in [6.45, 7) is 0.110. The van der Waals surface area contributed by atoms with E-state index in [0.717, 1.165) is 3.57 Å². The zero-order valence-corrected chi connectivity index (χ0v) is 10.6. The molecule has 7 heteroatoms. The zero-order chi connectivity index (χ0) is 12.3. The van der Waals surface area contributed by atoms with Gasteiger partial charge in [-0.25, -0.2) is 4.79 Å². The largest absolute Gasteiger partial charge is 0.483 e. The number of benzene rings is 1. The molecule has 2 rings (SSSR count). The fraction of sp³-hybridized carbons (Fsp3) is 0.100. The quantitative estimate of drug-likeness (QED) is 0.852. The van der Waals surface area contributed by atoms with E-state index < -0.39 is 5.97 Å². The maximum Gasteiger partial charge on any atom is 0.335 e. The highest BCUT2D eigenvalue weighted by molar-refractivity contribution is 14.1. The molecule has 0 radical (unpaired) electrons. The van der Waals surface area contributed by atoms with E-state index in [-0.39, 0.29) is 12.2 Å². The molecule has 0 aliphatic carbocycles. The predicted octanol–water partition coefficient (Wildman–Crippen LogP) is 1.95. The van der Waals surface area contributed by atoms with Crippen LogP contribution in [-0.2, 0) is 6.61 Å². The Kier molecular flexibility index (Phi) is 3.57. The Morgan fingerprint density at radius 1 is 1.53 bits per heavy atom. The Morgan fingerprint density at radius 3 is 3.00 bits per heavy atom. The highest BCUT2D eigenvalue weighted by Crippen LogP contribution is 2.23.